The molecule has 1 aliphatic rings. The highest BCUT2D eigenvalue weighted by Crippen LogP contribution is 2.18. The van der Waals surface area contributed by atoms with E-state index in [1.807, 2.05) is 12.4 Å². The summed E-state index contributed by atoms with van der Waals surface area (Å²) in [5.74, 6) is 0.855. The van der Waals surface area contributed by atoms with E-state index in [0.717, 1.165) is 43.0 Å². The van der Waals surface area contributed by atoms with Crippen LogP contribution < -0.4 is 4.90 Å². The maximum atomic E-state index is 4.43. The van der Waals surface area contributed by atoms with E-state index in [1.165, 1.54) is 0 Å². The standard InChI is InChI=1S/C13H21BrN4/c1-13(2,3)18-6-4-17(5-7-18)12-15-9-11(8-14)10-16-12/h9-10H,4-8H2,1-3H3. The summed E-state index contributed by atoms with van der Waals surface area (Å²) in [5, 5.41) is 0.811. The fraction of sp³-hybridized carbons (Fsp3) is 0.692. The van der Waals surface area contributed by atoms with E-state index in [-0.39, 0.29) is 5.54 Å². The molecule has 2 heterocycles. The molecule has 0 unspecified atom stereocenters. The van der Waals surface area contributed by atoms with E-state index in [9.17, 15) is 0 Å². The summed E-state index contributed by atoms with van der Waals surface area (Å²) in [6.07, 6.45) is 3.79. The van der Waals surface area contributed by atoms with Crippen LogP contribution >= 0.6 is 15.9 Å². The molecule has 4 nitrogen and oxygen atoms in total. The third-order valence-electron chi connectivity index (χ3n) is 3.36. The molecule has 5 heteroatoms. The molecule has 100 valence electrons. The summed E-state index contributed by atoms with van der Waals surface area (Å²) in [4.78, 5) is 13.6. The van der Waals surface area contributed by atoms with E-state index in [1.54, 1.807) is 0 Å². The Bertz CT molecular complexity index is 377. The molecule has 1 fully saturated rings. The van der Waals surface area contributed by atoms with Crippen LogP contribution in [0.2, 0.25) is 0 Å². The van der Waals surface area contributed by atoms with Crippen LogP contribution in [0, 0.1) is 0 Å². The smallest absolute Gasteiger partial charge is 0.225 e. The predicted molar refractivity (Wildman–Crippen MR) is 78.2 cm³/mol. The largest absolute Gasteiger partial charge is 0.338 e. The molecule has 0 atom stereocenters. The van der Waals surface area contributed by atoms with Crippen LogP contribution in [0.1, 0.15) is 26.3 Å². The van der Waals surface area contributed by atoms with Gasteiger partial charge in [0.05, 0.1) is 0 Å². The number of anilines is 1. The van der Waals surface area contributed by atoms with Crippen LogP contribution in [0.4, 0.5) is 5.95 Å². The van der Waals surface area contributed by atoms with Gasteiger partial charge in [-0.15, -0.1) is 0 Å². The van der Waals surface area contributed by atoms with Crippen molar-refractivity contribution in [1.82, 2.24) is 14.9 Å². The summed E-state index contributed by atoms with van der Waals surface area (Å²) in [5.41, 5.74) is 1.37. The minimum Gasteiger partial charge on any atom is -0.338 e. The molecule has 0 aromatic carbocycles. The lowest BCUT2D eigenvalue weighted by Gasteiger charge is -2.42. The number of aromatic nitrogens is 2. The number of hydrogen-bond acceptors (Lipinski definition) is 4. The fourth-order valence-electron chi connectivity index (χ4n) is 2.16. The number of piperazine rings is 1. The van der Waals surface area contributed by atoms with E-state index < -0.39 is 0 Å². The minimum atomic E-state index is 0.257. The maximum absolute atomic E-state index is 4.43. The monoisotopic (exact) mass is 312 g/mol. The Kier molecular flexibility index (Phi) is 4.22. The molecule has 0 radical (unpaired) electrons. The quantitative estimate of drug-likeness (QED) is 0.784. The predicted octanol–water partition coefficient (Wildman–Crippen LogP) is 2.29. The zero-order valence-corrected chi connectivity index (χ0v) is 12.9. The Morgan fingerprint density at radius 2 is 1.67 bits per heavy atom. The van der Waals surface area contributed by atoms with Gasteiger partial charge in [0.15, 0.2) is 0 Å². The first-order valence-corrected chi connectivity index (χ1v) is 7.50. The van der Waals surface area contributed by atoms with Crippen molar-refractivity contribution in [3.05, 3.63) is 18.0 Å². The minimum absolute atomic E-state index is 0.257. The third-order valence-corrected chi connectivity index (χ3v) is 4.00. The van der Waals surface area contributed by atoms with Gasteiger partial charge in [-0.25, -0.2) is 9.97 Å². The van der Waals surface area contributed by atoms with Crippen molar-refractivity contribution in [2.24, 2.45) is 0 Å². The summed E-state index contributed by atoms with van der Waals surface area (Å²) in [7, 11) is 0. The first-order valence-electron chi connectivity index (χ1n) is 6.37. The molecule has 0 N–H and O–H groups in total. The summed E-state index contributed by atoms with van der Waals surface area (Å²) >= 11 is 3.41. The molecular weight excluding hydrogens is 292 g/mol. The van der Waals surface area contributed by atoms with Gasteiger partial charge in [0.25, 0.3) is 0 Å². The Hall–Kier alpha value is -0.680. The van der Waals surface area contributed by atoms with E-state index >= 15 is 0 Å². The second-order valence-electron chi connectivity index (χ2n) is 5.67. The van der Waals surface area contributed by atoms with Crippen LogP contribution in [0.25, 0.3) is 0 Å². The van der Waals surface area contributed by atoms with E-state index in [2.05, 4.69) is 56.5 Å². The van der Waals surface area contributed by atoms with Gasteiger partial charge in [-0.05, 0) is 26.3 Å². The molecule has 0 amide bonds. The van der Waals surface area contributed by atoms with Gasteiger partial charge >= 0.3 is 0 Å². The molecule has 18 heavy (non-hydrogen) atoms. The zero-order valence-electron chi connectivity index (χ0n) is 11.4. The second kappa shape index (κ2) is 5.53. The third kappa shape index (κ3) is 3.20. The van der Waals surface area contributed by atoms with Crippen molar-refractivity contribution in [2.75, 3.05) is 31.1 Å². The topological polar surface area (TPSA) is 32.3 Å². The molecule has 1 aromatic rings. The molecule has 0 bridgehead atoms. The first-order chi connectivity index (χ1) is 8.50. The van der Waals surface area contributed by atoms with Crippen molar-refractivity contribution in [3.8, 4) is 0 Å². The van der Waals surface area contributed by atoms with Crippen molar-refractivity contribution in [1.29, 1.82) is 0 Å². The number of rotatable bonds is 2. The van der Waals surface area contributed by atoms with Crippen LogP contribution in [-0.2, 0) is 5.33 Å². The highest BCUT2D eigenvalue weighted by molar-refractivity contribution is 9.08. The van der Waals surface area contributed by atoms with Crippen LogP contribution in [-0.4, -0.2) is 46.6 Å². The molecule has 0 spiro atoms. The molecule has 1 saturated heterocycles. The molecule has 1 aromatic heterocycles. The lowest BCUT2D eigenvalue weighted by Crippen LogP contribution is -2.53. The van der Waals surface area contributed by atoms with Gasteiger partial charge in [-0.3, -0.25) is 4.90 Å². The Morgan fingerprint density at radius 3 is 2.11 bits per heavy atom. The summed E-state index contributed by atoms with van der Waals surface area (Å²) < 4.78 is 0. The summed E-state index contributed by atoms with van der Waals surface area (Å²) in [6.45, 7) is 11.0. The van der Waals surface area contributed by atoms with Gasteiger partial charge in [0, 0.05) is 49.4 Å². The lowest BCUT2D eigenvalue weighted by atomic mass is 10.1. The molecule has 0 saturated carbocycles. The van der Waals surface area contributed by atoms with Crippen LogP contribution in [0.15, 0.2) is 12.4 Å². The van der Waals surface area contributed by atoms with Crippen LogP contribution in [0.3, 0.4) is 0 Å². The van der Waals surface area contributed by atoms with Gasteiger partial charge in [-0.1, -0.05) is 15.9 Å². The van der Waals surface area contributed by atoms with Crippen molar-refractivity contribution < 1.29 is 0 Å². The number of hydrogen-bond donors (Lipinski definition) is 0. The first kappa shape index (κ1) is 13.7. The average molecular weight is 313 g/mol. The van der Waals surface area contributed by atoms with Gasteiger partial charge < -0.3 is 4.90 Å². The highest BCUT2D eigenvalue weighted by Gasteiger charge is 2.26. The lowest BCUT2D eigenvalue weighted by molar-refractivity contribution is 0.128. The van der Waals surface area contributed by atoms with Crippen molar-refractivity contribution in [2.45, 2.75) is 31.6 Å². The molecule has 1 aliphatic heterocycles. The number of halogens is 1. The zero-order chi connectivity index (χ0) is 13.2. The fourth-order valence-corrected chi connectivity index (χ4v) is 2.45. The molecule has 0 aliphatic carbocycles. The number of nitrogens with zero attached hydrogens (tertiary/aromatic N) is 4. The van der Waals surface area contributed by atoms with E-state index in [0.29, 0.717) is 0 Å². The second-order valence-corrected chi connectivity index (χ2v) is 6.23. The van der Waals surface area contributed by atoms with Crippen LogP contribution in [0.5, 0.6) is 0 Å². The number of alkyl halides is 1. The Balaban J connectivity index is 1.96. The molecular formula is C13H21BrN4. The SMILES string of the molecule is CC(C)(C)N1CCN(c2ncc(CBr)cn2)CC1. The molecule has 2 rings (SSSR count). The van der Waals surface area contributed by atoms with Gasteiger partial charge in [-0.2, -0.15) is 0 Å². The normalized spacial score (nSPS) is 18.1. The highest BCUT2D eigenvalue weighted by atomic mass is 79.9. The Morgan fingerprint density at radius 1 is 1.11 bits per heavy atom. The summed E-state index contributed by atoms with van der Waals surface area (Å²) in [6, 6.07) is 0. The maximum Gasteiger partial charge on any atom is 0.225 e. The van der Waals surface area contributed by atoms with Crippen molar-refractivity contribution in [3.63, 3.8) is 0 Å². The van der Waals surface area contributed by atoms with Gasteiger partial charge in [0.1, 0.15) is 0 Å². The van der Waals surface area contributed by atoms with Crippen molar-refractivity contribution >= 4 is 21.9 Å². The van der Waals surface area contributed by atoms with E-state index in [4.69, 9.17) is 0 Å². The van der Waals surface area contributed by atoms with Gasteiger partial charge in [0.2, 0.25) is 5.95 Å². The average Bonchev–Trinajstić information content (AvgIpc) is 2.38. The Labute approximate surface area is 118 Å².